The van der Waals surface area contributed by atoms with Gasteiger partial charge in [-0.1, -0.05) is 6.92 Å². The van der Waals surface area contributed by atoms with Gasteiger partial charge in [-0.3, -0.25) is 0 Å². The highest BCUT2D eigenvalue weighted by Crippen LogP contribution is 2.20. The molecule has 0 amide bonds. The first-order chi connectivity index (χ1) is 6.28. The van der Waals surface area contributed by atoms with Crippen molar-refractivity contribution in [3.63, 3.8) is 0 Å². The molecule has 0 saturated heterocycles. The summed E-state index contributed by atoms with van der Waals surface area (Å²) in [4.78, 5) is 0. The molecule has 4 nitrogen and oxygen atoms in total. The zero-order chi connectivity index (χ0) is 11.4. The first-order valence-electron chi connectivity index (χ1n) is 4.85. The second kappa shape index (κ2) is 5.09. The van der Waals surface area contributed by atoms with Crippen LogP contribution in [-0.2, 0) is 10.0 Å². The summed E-state index contributed by atoms with van der Waals surface area (Å²) >= 11 is 0. The van der Waals surface area contributed by atoms with Gasteiger partial charge in [-0.25, -0.2) is 8.42 Å². The molecule has 0 bridgehead atoms. The van der Waals surface area contributed by atoms with E-state index in [1.807, 2.05) is 20.8 Å². The monoisotopic (exact) mass is 223 g/mol. The summed E-state index contributed by atoms with van der Waals surface area (Å²) in [5.74, 6) is 0.0173. The highest BCUT2D eigenvalue weighted by atomic mass is 32.2. The third kappa shape index (κ3) is 3.55. The van der Waals surface area contributed by atoms with Crippen LogP contribution in [0.1, 0.15) is 33.6 Å². The number of rotatable bonds is 6. The molecule has 0 aliphatic rings. The van der Waals surface area contributed by atoms with Gasteiger partial charge in [0.05, 0.1) is 5.75 Å². The van der Waals surface area contributed by atoms with Crippen LogP contribution in [-0.4, -0.2) is 42.8 Å². The summed E-state index contributed by atoms with van der Waals surface area (Å²) in [6.07, 6.45) is 1.06. The van der Waals surface area contributed by atoms with Gasteiger partial charge in [-0.15, -0.1) is 0 Å². The van der Waals surface area contributed by atoms with Crippen molar-refractivity contribution in [1.82, 2.24) is 4.31 Å². The van der Waals surface area contributed by atoms with Crippen LogP contribution < -0.4 is 0 Å². The van der Waals surface area contributed by atoms with Gasteiger partial charge in [-0.05, 0) is 26.7 Å². The molecule has 0 heterocycles. The zero-order valence-electron chi connectivity index (χ0n) is 9.45. The molecule has 0 spiro atoms. The van der Waals surface area contributed by atoms with E-state index in [1.54, 1.807) is 7.05 Å². The zero-order valence-corrected chi connectivity index (χ0v) is 10.3. The molecule has 0 aliphatic carbocycles. The Labute approximate surface area is 87.0 Å². The van der Waals surface area contributed by atoms with Gasteiger partial charge < -0.3 is 5.11 Å². The van der Waals surface area contributed by atoms with Crippen LogP contribution in [0.25, 0.3) is 0 Å². The van der Waals surface area contributed by atoms with Crippen LogP contribution in [0.5, 0.6) is 0 Å². The maximum absolute atomic E-state index is 11.7. The Morgan fingerprint density at radius 3 is 2.21 bits per heavy atom. The van der Waals surface area contributed by atoms with Crippen molar-refractivity contribution in [2.24, 2.45) is 0 Å². The van der Waals surface area contributed by atoms with Gasteiger partial charge >= 0.3 is 0 Å². The number of hydrogen-bond acceptors (Lipinski definition) is 3. The molecule has 86 valence electrons. The Morgan fingerprint density at radius 2 is 1.86 bits per heavy atom. The van der Waals surface area contributed by atoms with Crippen LogP contribution in [0, 0.1) is 0 Å². The van der Waals surface area contributed by atoms with E-state index in [4.69, 9.17) is 5.11 Å². The smallest absolute Gasteiger partial charge is 0.214 e. The maximum atomic E-state index is 11.7. The van der Waals surface area contributed by atoms with Crippen LogP contribution in [0.2, 0.25) is 0 Å². The number of hydrogen-bond donors (Lipinski definition) is 1. The van der Waals surface area contributed by atoms with Crippen molar-refractivity contribution in [3.05, 3.63) is 0 Å². The lowest BCUT2D eigenvalue weighted by atomic mass is 10.0. The second-order valence-corrected chi connectivity index (χ2v) is 6.15. The molecular weight excluding hydrogens is 202 g/mol. The molecule has 0 aromatic carbocycles. The molecule has 14 heavy (non-hydrogen) atoms. The van der Waals surface area contributed by atoms with Gasteiger partial charge in [0.25, 0.3) is 0 Å². The number of aliphatic hydroxyl groups excluding tert-OH is 1. The molecule has 0 rings (SSSR count). The van der Waals surface area contributed by atoms with Gasteiger partial charge in [0.15, 0.2) is 0 Å². The van der Waals surface area contributed by atoms with Crippen LogP contribution >= 0.6 is 0 Å². The topological polar surface area (TPSA) is 57.6 Å². The molecule has 0 aromatic heterocycles. The van der Waals surface area contributed by atoms with E-state index in [1.165, 1.54) is 4.31 Å². The Hall–Kier alpha value is -0.130. The van der Waals surface area contributed by atoms with E-state index in [-0.39, 0.29) is 17.9 Å². The fraction of sp³-hybridized carbons (Fsp3) is 1.00. The molecular formula is C9H21NO3S. The molecule has 0 fully saturated rings. The average Bonchev–Trinajstić information content (AvgIpc) is 2.13. The lowest BCUT2D eigenvalue weighted by molar-refractivity contribution is 0.254. The van der Waals surface area contributed by atoms with E-state index < -0.39 is 10.0 Å². The largest absolute Gasteiger partial charge is 0.396 e. The molecule has 0 atom stereocenters. The minimum absolute atomic E-state index is 0.0173. The summed E-state index contributed by atoms with van der Waals surface area (Å²) in [6, 6.07) is 0. The van der Waals surface area contributed by atoms with E-state index in [0.29, 0.717) is 6.42 Å². The van der Waals surface area contributed by atoms with Crippen molar-refractivity contribution in [3.8, 4) is 0 Å². The first-order valence-corrected chi connectivity index (χ1v) is 6.46. The lowest BCUT2D eigenvalue weighted by Gasteiger charge is -2.33. The number of nitrogens with zero attached hydrogens (tertiary/aromatic N) is 1. The summed E-state index contributed by atoms with van der Waals surface area (Å²) in [7, 11) is -1.63. The highest BCUT2D eigenvalue weighted by molar-refractivity contribution is 7.89. The third-order valence-electron chi connectivity index (χ3n) is 2.70. The normalized spacial score (nSPS) is 13.6. The highest BCUT2D eigenvalue weighted by Gasteiger charge is 2.30. The molecule has 0 saturated carbocycles. The van der Waals surface area contributed by atoms with Crippen molar-refractivity contribution in [1.29, 1.82) is 0 Å². The van der Waals surface area contributed by atoms with E-state index in [9.17, 15) is 8.42 Å². The maximum Gasteiger partial charge on any atom is 0.214 e. The van der Waals surface area contributed by atoms with Crippen molar-refractivity contribution in [2.45, 2.75) is 39.2 Å². The van der Waals surface area contributed by atoms with Gasteiger partial charge in [0, 0.05) is 19.2 Å². The standard InChI is InChI=1S/C9H21NO3S/c1-5-9(2,3)10(4)14(12,13)8-6-7-11/h11H,5-8H2,1-4H3. The molecule has 0 radical (unpaired) electrons. The second-order valence-electron chi connectivity index (χ2n) is 4.03. The van der Waals surface area contributed by atoms with E-state index in [0.717, 1.165) is 6.42 Å². The summed E-state index contributed by atoms with van der Waals surface area (Å²) in [6.45, 7) is 5.66. The fourth-order valence-corrected chi connectivity index (χ4v) is 2.63. The first kappa shape index (κ1) is 13.9. The van der Waals surface area contributed by atoms with E-state index >= 15 is 0 Å². The fourth-order valence-electron chi connectivity index (χ4n) is 0.983. The van der Waals surface area contributed by atoms with Gasteiger partial charge in [-0.2, -0.15) is 4.31 Å². The molecule has 0 aliphatic heterocycles. The van der Waals surface area contributed by atoms with Crippen LogP contribution in [0.4, 0.5) is 0 Å². The van der Waals surface area contributed by atoms with Crippen LogP contribution in [0.3, 0.4) is 0 Å². The molecule has 5 heteroatoms. The van der Waals surface area contributed by atoms with Crippen molar-refractivity contribution < 1.29 is 13.5 Å². The third-order valence-corrected chi connectivity index (χ3v) is 4.83. The van der Waals surface area contributed by atoms with Crippen LogP contribution in [0.15, 0.2) is 0 Å². The Balaban J connectivity index is 4.59. The predicted octanol–water partition coefficient (Wildman–Crippen LogP) is 0.819. The number of sulfonamides is 1. The average molecular weight is 223 g/mol. The lowest BCUT2D eigenvalue weighted by Crippen LogP contribution is -2.45. The molecule has 1 N–H and O–H groups in total. The Kier molecular flexibility index (Phi) is 5.05. The minimum Gasteiger partial charge on any atom is -0.396 e. The summed E-state index contributed by atoms with van der Waals surface area (Å²) < 4.78 is 24.8. The minimum atomic E-state index is -3.22. The molecule has 0 aromatic rings. The summed E-state index contributed by atoms with van der Waals surface area (Å²) in [5.41, 5.74) is -0.353. The number of aliphatic hydroxyl groups is 1. The SMILES string of the molecule is CCC(C)(C)N(C)S(=O)(=O)CCCO. The quantitative estimate of drug-likeness (QED) is 0.725. The van der Waals surface area contributed by atoms with E-state index in [2.05, 4.69) is 0 Å². The Morgan fingerprint density at radius 1 is 1.36 bits per heavy atom. The summed E-state index contributed by atoms with van der Waals surface area (Å²) in [5, 5.41) is 8.59. The molecule has 0 unspecified atom stereocenters. The predicted molar refractivity (Wildman–Crippen MR) is 57.6 cm³/mol. The van der Waals surface area contributed by atoms with Crippen molar-refractivity contribution >= 4 is 10.0 Å². The van der Waals surface area contributed by atoms with Gasteiger partial charge in [0.1, 0.15) is 0 Å². The van der Waals surface area contributed by atoms with Gasteiger partial charge in [0.2, 0.25) is 10.0 Å². The van der Waals surface area contributed by atoms with Crippen molar-refractivity contribution in [2.75, 3.05) is 19.4 Å². The Bertz CT molecular complexity index is 259.